The van der Waals surface area contributed by atoms with E-state index in [9.17, 15) is 9.90 Å². The van der Waals surface area contributed by atoms with Crippen LogP contribution in [0.25, 0.3) is 5.57 Å². The highest BCUT2D eigenvalue weighted by Crippen LogP contribution is 2.32. The van der Waals surface area contributed by atoms with E-state index in [0.717, 1.165) is 23.1 Å². The van der Waals surface area contributed by atoms with E-state index in [1.165, 1.54) is 6.08 Å². The number of aryl methyl sites for hydroxylation is 1. The van der Waals surface area contributed by atoms with Gasteiger partial charge in [-0.05, 0) is 35.3 Å². The number of carboxylic acid groups (broad SMARTS) is 1. The van der Waals surface area contributed by atoms with Crippen LogP contribution in [0.15, 0.2) is 54.6 Å². The Labute approximate surface area is 136 Å². The van der Waals surface area contributed by atoms with Gasteiger partial charge in [0.1, 0.15) is 5.75 Å². The van der Waals surface area contributed by atoms with Gasteiger partial charge in [-0.25, -0.2) is 4.79 Å². The van der Waals surface area contributed by atoms with E-state index < -0.39 is 5.97 Å². The van der Waals surface area contributed by atoms with Gasteiger partial charge in [-0.3, -0.25) is 0 Å². The summed E-state index contributed by atoms with van der Waals surface area (Å²) < 4.78 is 10.6. The van der Waals surface area contributed by atoms with Gasteiger partial charge in [0.2, 0.25) is 0 Å². The highest BCUT2D eigenvalue weighted by atomic mass is 16.7. The Morgan fingerprint density at radius 3 is 2.52 bits per heavy atom. The number of aliphatic carboxylic acids is 1. The van der Waals surface area contributed by atoms with Crippen LogP contribution in [0.1, 0.15) is 23.6 Å². The van der Waals surface area contributed by atoms with Crippen molar-refractivity contribution in [2.24, 2.45) is 0 Å². The molecule has 0 aliphatic carbocycles. The lowest BCUT2D eigenvalue weighted by molar-refractivity contribution is -0.131. The molecule has 2 aromatic carbocycles. The van der Waals surface area contributed by atoms with Crippen molar-refractivity contribution in [3.63, 3.8) is 0 Å². The summed E-state index contributed by atoms with van der Waals surface area (Å²) in [5, 5.41) is 9.26. The number of ether oxygens (including phenoxy) is 2. The van der Waals surface area contributed by atoms with Gasteiger partial charge >= 0.3 is 5.97 Å². The fourth-order valence-corrected chi connectivity index (χ4v) is 2.31. The average Bonchev–Trinajstić information content (AvgIpc) is 2.58. The molecule has 1 N–H and O–H groups in total. The smallest absolute Gasteiger partial charge is 0.328 e. The summed E-state index contributed by atoms with van der Waals surface area (Å²) in [6.45, 7) is 2.16. The van der Waals surface area contributed by atoms with Gasteiger partial charge in [-0.15, -0.1) is 0 Å². The maximum atomic E-state index is 11.3. The normalized spacial score (nSPS) is 11.3. The summed E-state index contributed by atoms with van der Waals surface area (Å²) in [6, 6.07) is 15.2. The van der Waals surface area contributed by atoms with Crippen LogP contribution in [0.3, 0.4) is 0 Å². The van der Waals surface area contributed by atoms with E-state index in [4.69, 9.17) is 9.47 Å². The van der Waals surface area contributed by atoms with Crippen molar-refractivity contribution >= 4 is 11.5 Å². The average molecular weight is 312 g/mol. The molecule has 0 radical (unpaired) electrons. The van der Waals surface area contributed by atoms with Gasteiger partial charge in [-0.1, -0.05) is 43.3 Å². The summed E-state index contributed by atoms with van der Waals surface area (Å²) in [7, 11) is 1.55. The highest BCUT2D eigenvalue weighted by Gasteiger charge is 2.14. The predicted octanol–water partition coefficient (Wildman–Crippen LogP) is 3.75. The van der Waals surface area contributed by atoms with E-state index >= 15 is 0 Å². The molecule has 0 bridgehead atoms. The van der Waals surface area contributed by atoms with Crippen LogP contribution in [0, 0.1) is 0 Å². The zero-order valence-corrected chi connectivity index (χ0v) is 13.3. The minimum absolute atomic E-state index is 0.105. The lowest BCUT2D eigenvalue weighted by atomic mass is 9.94. The predicted molar refractivity (Wildman–Crippen MR) is 89.5 cm³/mol. The Balaban J connectivity index is 2.59. The summed E-state index contributed by atoms with van der Waals surface area (Å²) in [5.41, 5.74) is 3.29. The van der Waals surface area contributed by atoms with E-state index in [1.54, 1.807) is 7.11 Å². The summed E-state index contributed by atoms with van der Waals surface area (Å²) >= 11 is 0. The summed E-state index contributed by atoms with van der Waals surface area (Å²) in [4.78, 5) is 11.3. The molecule has 0 unspecified atom stereocenters. The van der Waals surface area contributed by atoms with Crippen molar-refractivity contribution in [1.82, 2.24) is 0 Å². The topological polar surface area (TPSA) is 55.8 Å². The molecule has 120 valence electrons. The number of hydrogen-bond donors (Lipinski definition) is 1. The fraction of sp³-hybridized carbons (Fsp3) is 0.211. The molecule has 0 aliphatic rings. The molecule has 0 heterocycles. The quantitative estimate of drug-likeness (QED) is 0.625. The number of benzene rings is 2. The molecular formula is C19H20O4. The third kappa shape index (κ3) is 4.44. The van der Waals surface area contributed by atoms with Crippen LogP contribution in [0.2, 0.25) is 0 Å². The van der Waals surface area contributed by atoms with E-state index in [1.807, 2.05) is 48.5 Å². The van der Waals surface area contributed by atoms with Crippen LogP contribution in [-0.4, -0.2) is 25.0 Å². The van der Waals surface area contributed by atoms with Gasteiger partial charge in [0, 0.05) is 18.7 Å². The third-order valence-electron chi connectivity index (χ3n) is 3.43. The van der Waals surface area contributed by atoms with Crippen molar-refractivity contribution in [2.75, 3.05) is 13.9 Å². The molecule has 0 saturated carbocycles. The van der Waals surface area contributed by atoms with Crippen molar-refractivity contribution in [3.8, 4) is 5.75 Å². The molecule has 4 nitrogen and oxygen atoms in total. The molecule has 4 heteroatoms. The number of hydrogen-bond acceptors (Lipinski definition) is 3. The molecule has 2 aromatic rings. The molecule has 0 aromatic heterocycles. The van der Waals surface area contributed by atoms with Gasteiger partial charge in [0.05, 0.1) is 0 Å². The Bertz CT molecular complexity index is 690. The van der Waals surface area contributed by atoms with Gasteiger partial charge in [-0.2, -0.15) is 0 Å². The van der Waals surface area contributed by atoms with Crippen LogP contribution in [0.4, 0.5) is 0 Å². The van der Waals surface area contributed by atoms with E-state index in [2.05, 4.69) is 6.92 Å². The van der Waals surface area contributed by atoms with Crippen molar-refractivity contribution in [3.05, 3.63) is 71.3 Å². The lowest BCUT2D eigenvalue weighted by Crippen LogP contribution is -2.03. The molecule has 0 amide bonds. The molecule has 0 saturated heterocycles. The Morgan fingerprint density at radius 2 is 1.91 bits per heavy atom. The summed E-state index contributed by atoms with van der Waals surface area (Å²) in [6.07, 6.45) is 2.07. The van der Waals surface area contributed by atoms with Gasteiger partial charge in [0.15, 0.2) is 6.79 Å². The number of carboxylic acids is 1. The van der Waals surface area contributed by atoms with Crippen LogP contribution < -0.4 is 4.74 Å². The minimum Gasteiger partial charge on any atom is -0.478 e. The number of rotatable bonds is 7. The second kappa shape index (κ2) is 8.15. The fourth-order valence-electron chi connectivity index (χ4n) is 2.31. The van der Waals surface area contributed by atoms with Crippen molar-refractivity contribution < 1.29 is 19.4 Å². The second-order valence-electron chi connectivity index (χ2n) is 5.00. The molecular weight excluding hydrogens is 292 g/mol. The first-order chi connectivity index (χ1) is 11.2. The first-order valence-electron chi connectivity index (χ1n) is 7.40. The lowest BCUT2D eigenvalue weighted by Gasteiger charge is -2.15. The van der Waals surface area contributed by atoms with Crippen molar-refractivity contribution in [2.45, 2.75) is 13.3 Å². The molecule has 0 atom stereocenters. The highest BCUT2D eigenvalue weighted by molar-refractivity contribution is 5.96. The Kier molecular flexibility index (Phi) is 5.94. The Morgan fingerprint density at radius 1 is 1.17 bits per heavy atom. The number of methoxy groups -OCH3 is 1. The molecule has 0 aliphatic heterocycles. The van der Waals surface area contributed by atoms with Crippen LogP contribution in [0.5, 0.6) is 5.75 Å². The molecule has 0 fully saturated rings. The maximum Gasteiger partial charge on any atom is 0.328 e. The zero-order valence-electron chi connectivity index (χ0n) is 13.3. The maximum absolute atomic E-state index is 11.3. The summed E-state index contributed by atoms with van der Waals surface area (Å²) in [5.74, 6) is -0.399. The zero-order chi connectivity index (χ0) is 16.7. The van der Waals surface area contributed by atoms with Crippen LogP contribution in [-0.2, 0) is 16.0 Å². The third-order valence-corrected chi connectivity index (χ3v) is 3.43. The standard InChI is InChI=1S/C19H20O4/c1-3-14-9-10-18(23-13-22-2)17(11-14)16(12-19(20)21)15-7-5-4-6-8-15/h4-12H,3,13H2,1-2H3,(H,20,21). The van der Waals surface area contributed by atoms with E-state index in [-0.39, 0.29) is 6.79 Å². The largest absolute Gasteiger partial charge is 0.478 e. The molecule has 23 heavy (non-hydrogen) atoms. The van der Waals surface area contributed by atoms with Crippen LogP contribution >= 0.6 is 0 Å². The Hall–Kier alpha value is -2.59. The first-order valence-corrected chi connectivity index (χ1v) is 7.40. The number of carbonyl (C=O) groups is 1. The first kappa shape index (κ1) is 16.8. The van der Waals surface area contributed by atoms with Gasteiger partial charge < -0.3 is 14.6 Å². The molecule has 2 rings (SSSR count). The monoisotopic (exact) mass is 312 g/mol. The molecule has 0 spiro atoms. The SMILES string of the molecule is CCc1ccc(OCOC)c(C(=CC(=O)O)c2ccccc2)c1. The van der Waals surface area contributed by atoms with Gasteiger partial charge in [0.25, 0.3) is 0 Å². The van der Waals surface area contributed by atoms with E-state index in [0.29, 0.717) is 11.3 Å². The van der Waals surface area contributed by atoms with Crippen molar-refractivity contribution in [1.29, 1.82) is 0 Å². The second-order valence-corrected chi connectivity index (χ2v) is 5.00. The minimum atomic E-state index is -0.997.